The maximum atomic E-state index is 4.70. The van der Waals surface area contributed by atoms with E-state index in [1.807, 2.05) is 18.2 Å². The van der Waals surface area contributed by atoms with Crippen LogP contribution in [-0.4, -0.2) is 6.61 Å². The predicted molar refractivity (Wildman–Crippen MR) is 65.8 cm³/mol. The minimum atomic E-state index is 0.450. The molecule has 2 rings (SSSR count). The highest BCUT2D eigenvalue weighted by Crippen LogP contribution is 2.12. The summed E-state index contributed by atoms with van der Waals surface area (Å²) in [5.41, 5.74) is 2.14. The van der Waals surface area contributed by atoms with Crippen molar-refractivity contribution in [3.05, 3.63) is 35.4 Å². The van der Waals surface area contributed by atoms with Gasteiger partial charge in [-0.05, 0) is 41.9 Å². The fraction of sp³-hybridized carbons (Fsp3) is 0.429. The molecule has 0 saturated heterocycles. The monoisotopic (exact) mass is 264 g/mol. The lowest BCUT2D eigenvalue weighted by atomic mass is 10.0. The van der Waals surface area contributed by atoms with Crippen molar-refractivity contribution in [2.75, 3.05) is 6.61 Å². The maximum absolute atomic E-state index is 4.70. The topological polar surface area (TPSA) is 46.2 Å². The zero-order chi connectivity index (χ0) is 13.2. The first-order chi connectivity index (χ1) is 9.47. The molecule has 102 valence electrons. The first-order valence-corrected chi connectivity index (χ1v) is 6.34. The summed E-state index contributed by atoms with van der Waals surface area (Å²) in [6.45, 7) is 0.450. The predicted octanol–water partition coefficient (Wildman–Crippen LogP) is 2.86. The minimum absolute atomic E-state index is 0.450. The maximum Gasteiger partial charge on any atom is 0.166 e. The molecule has 0 fully saturated rings. The molecule has 1 heterocycles. The smallest absolute Gasteiger partial charge is 0.166 e. The van der Waals surface area contributed by atoms with Crippen molar-refractivity contribution < 1.29 is 24.9 Å². The number of benzene rings is 1. The van der Waals surface area contributed by atoms with Crippen LogP contribution < -0.4 is 0 Å². The van der Waals surface area contributed by atoms with Crippen molar-refractivity contribution in [2.24, 2.45) is 0 Å². The van der Waals surface area contributed by atoms with Crippen molar-refractivity contribution in [1.82, 2.24) is 0 Å². The van der Waals surface area contributed by atoms with Gasteiger partial charge in [0.25, 0.3) is 0 Å². The second-order valence-corrected chi connectivity index (χ2v) is 4.16. The molecule has 1 aromatic rings. The van der Waals surface area contributed by atoms with Crippen LogP contribution in [0, 0.1) is 12.0 Å². The van der Waals surface area contributed by atoms with E-state index in [2.05, 4.69) is 38.1 Å². The average molecular weight is 264 g/mol. The number of hydrogen-bond donors (Lipinski definition) is 0. The summed E-state index contributed by atoms with van der Waals surface area (Å²) in [6.07, 6.45) is 7.62. The highest BCUT2D eigenvalue weighted by atomic mass is 17.8. The molecule has 0 unspecified atom stereocenters. The van der Waals surface area contributed by atoms with Gasteiger partial charge >= 0.3 is 0 Å². The van der Waals surface area contributed by atoms with Crippen molar-refractivity contribution in [1.29, 1.82) is 0 Å². The summed E-state index contributed by atoms with van der Waals surface area (Å²) >= 11 is 0. The molecule has 1 aliphatic heterocycles. The van der Waals surface area contributed by atoms with Gasteiger partial charge in [0.05, 0.1) is 6.61 Å². The van der Waals surface area contributed by atoms with Gasteiger partial charge in [-0.25, -0.2) is 9.78 Å². The summed E-state index contributed by atoms with van der Waals surface area (Å²) in [6, 6.07) is 7.97. The quantitative estimate of drug-likeness (QED) is 0.532. The first kappa shape index (κ1) is 13.8. The van der Waals surface area contributed by atoms with E-state index < -0.39 is 0 Å². The highest BCUT2D eigenvalue weighted by Gasteiger charge is 2.00. The summed E-state index contributed by atoms with van der Waals surface area (Å²) in [5.74, 6) is 2.86. The molecule has 5 heteroatoms. The van der Waals surface area contributed by atoms with Crippen LogP contribution in [0.3, 0.4) is 0 Å². The van der Waals surface area contributed by atoms with Crippen molar-refractivity contribution in [3.63, 3.8) is 0 Å². The summed E-state index contributed by atoms with van der Waals surface area (Å²) < 4.78 is 0. The lowest BCUT2D eigenvalue weighted by Crippen LogP contribution is -1.99. The van der Waals surface area contributed by atoms with Crippen molar-refractivity contribution in [3.8, 4) is 12.0 Å². The molecule has 1 aliphatic rings. The van der Waals surface area contributed by atoms with Crippen LogP contribution in [0.25, 0.3) is 0 Å². The fourth-order valence-corrected chi connectivity index (χ4v) is 1.86. The molecule has 0 radical (unpaired) electrons. The number of rotatable bonds is 0. The van der Waals surface area contributed by atoms with Crippen LogP contribution in [-0.2, 0) is 31.3 Å². The normalized spacial score (nSPS) is 17.9. The van der Waals surface area contributed by atoms with Crippen LogP contribution >= 0.6 is 0 Å². The van der Waals surface area contributed by atoms with Gasteiger partial charge in [0.15, 0.2) is 6.11 Å². The molecule has 0 aromatic heterocycles. The average Bonchev–Trinajstić information content (AvgIpc) is 2.45. The Hall–Kier alpha value is -1.58. The summed E-state index contributed by atoms with van der Waals surface area (Å²) in [7, 11) is 0. The molecule has 5 nitrogen and oxygen atoms in total. The van der Waals surface area contributed by atoms with E-state index in [0.717, 1.165) is 37.7 Å². The second-order valence-electron chi connectivity index (χ2n) is 4.16. The van der Waals surface area contributed by atoms with Gasteiger partial charge in [-0.15, -0.1) is 0 Å². The third-order valence-corrected chi connectivity index (χ3v) is 2.81. The zero-order valence-electron chi connectivity index (χ0n) is 10.6. The third-order valence-electron chi connectivity index (χ3n) is 2.81. The Morgan fingerprint density at radius 1 is 0.895 bits per heavy atom. The molecule has 0 bridgehead atoms. The van der Waals surface area contributed by atoms with E-state index in [1.165, 1.54) is 5.56 Å². The van der Waals surface area contributed by atoms with Crippen LogP contribution in [0.1, 0.15) is 36.8 Å². The molecule has 0 aliphatic carbocycles. The van der Waals surface area contributed by atoms with Crippen LogP contribution in [0.2, 0.25) is 0 Å². The molecule has 0 amide bonds. The third kappa shape index (κ3) is 5.28. The Kier molecular flexibility index (Phi) is 6.20. The Morgan fingerprint density at radius 3 is 2.79 bits per heavy atom. The van der Waals surface area contributed by atoms with Gasteiger partial charge < -0.3 is 0 Å². The SMILES string of the molecule is C1#Cc2ccccc2CCCCCCOOOOO1. The number of aryl methyl sites for hydroxylation is 1. The van der Waals surface area contributed by atoms with Gasteiger partial charge in [0.1, 0.15) is 0 Å². The van der Waals surface area contributed by atoms with Crippen molar-refractivity contribution in [2.45, 2.75) is 32.1 Å². The van der Waals surface area contributed by atoms with E-state index in [0.29, 0.717) is 6.61 Å². The molecule has 0 spiro atoms. The highest BCUT2D eigenvalue weighted by molar-refractivity contribution is 5.40. The lowest BCUT2D eigenvalue weighted by Gasteiger charge is -2.04. The lowest BCUT2D eigenvalue weighted by molar-refractivity contribution is -0.698. The van der Waals surface area contributed by atoms with E-state index in [9.17, 15) is 0 Å². The standard InChI is InChI=1S/C14H16O5/c1-2-6-11-15-17-19-18-16-12-10-14-9-5-4-8-13(14)7-3-1/h4-5,8-9H,1-3,6-7,11H2. The van der Waals surface area contributed by atoms with Gasteiger partial charge in [-0.3, -0.25) is 0 Å². The van der Waals surface area contributed by atoms with Crippen LogP contribution in [0.15, 0.2) is 24.3 Å². The largest absolute Gasteiger partial charge is 0.250 e. The first-order valence-electron chi connectivity index (χ1n) is 6.34. The number of fused-ring (bicyclic) bond motifs is 1. The van der Waals surface area contributed by atoms with Crippen LogP contribution in [0.5, 0.6) is 0 Å². The fourth-order valence-electron chi connectivity index (χ4n) is 1.86. The van der Waals surface area contributed by atoms with Gasteiger partial charge in [-0.2, -0.15) is 0 Å². The summed E-state index contributed by atoms with van der Waals surface area (Å²) in [4.78, 5) is 9.17. The molecule has 0 N–H and O–H groups in total. The van der Waals surface area contributed by atoms with Gasteiger partial charge in [0.2, 0.25) is 0 Å². The Labute approximate surface area is 112 Å². The second kappa shape index (κ2) is 8.51. The summed E-state index contributed by atoms with van der Waals surface area (Å²) in [5, 5.41) is 12.6. The van der Waals surface area contributed by atoms with E-state index in [-0.39, 0.29) is 0 Å². The Balaban J connectivity index is 1.98. The Bertz CT molecular complexity index is 435. The molecule has 0 atom stereocenters. The van der Waals surface area contributed by atoms with Crippen LogP contribution in [0.4, 0.5) is 0 Å². The minimum Gasteiger partial charge on any atom is -0.250 e. The van der Waals surface area contributed by atoms with Gasteiger partial charge in [0, 0.05) is 15.6 Å². The Morgan fingerprint density at radius 2 is 1.79 bits per heavy atom. The molecule has 0 saturated carbocycles. The molecule has 19 heavy (non-hydrogen) atoms. The van der Waals surface area contributed by atoms with E-state index >= 15 is 0 Å². The van der Waals surface area contributed by atoms with Gasteiger partial charge in [-0.1, -0.05) is 31.0 Å². The van der Waals surface area contributed by atoms with E-state index in [1.54, 1.807) is 0 Å². The molecule has 1 aromatic carbocycles. The number of hydrogen-bond acceptors (Lipinski definition) is 5. The van der Waals surface area contributed by atoms with Crippen molar-refractivity contribution >= 4 is 0 Å². The van der Waals surface area contributed by atoms with E-state index in [4.69, 9.17) is 4.89 Å². The zero-order valence-corrected chi connectivity index (χ0v) is 10.6. The molecular weight excluding hydrogens is 248 g/mol. The molecular formula is C14H16O5.